The molecule has 5 heteroatoms. The Morgan fingerprint density at radius 2 is 1.95 bits per heavy atom. The van der Waals surface area contributed by atoms with Crippen LogP contribution in [0.1, 0.15) is 37.2 Å². The Kier molecular flexibility index (Phi) is 4.90. The summed E-state index contributed by atoms with van der Waals surface area (Å²) in [7, 11) is 0. The topological polar surface area (TPSA) is 81.4 Å². The van der Waals surface area contributed by atoms with E-state index in [2.05, 4.69) is 0 Å². The summed E-state index contributed by atoms with van der Waals surface area (Å²) < 4.78 is 5.34. The van der Waals surface area contributed by atoms with Gasteiger partial charge in [0.15, 0.2) is 5.92 Å². The molecule has 0 spiro atoms. The summed E-state index contributed by atoms with van der Waals surface area (Å²) in [6, 6.07) is 8.75. The predicted molar refractivity (Wildman–Crippen MR) is 74.2 cm³/mol. The molecule has 0 radical (unpaired) electrons. The number of hydrazine groups is 1. The maximum absolute atomic E-state index is 12.2. The summed E-state index contributed by atoms with van der Waals surface area (Å²) in [6.45, 7) is 0. The van der Waals surface area contributed by atoms with Crippen molar-refractivity contribution in [1.82, 2.24) is 5.43 Å². The number of hydrogen-bond acceptors (Lipinski definition) is 4. The maximum atomic E-state index is 12.2. The van der Waals surface area contributed by atoms with Gasteiger partial charge in [-0.05, 0) is 30.9 Å². The van der Waals surface area contributed by atoms with Crippen LogP contribution in [0.5, 0.6) is 0 Å². The second kappa shape index (κ2) is 6.86. The molecule has 0 aromatic heterocycles. The molecule has 1 aliphatic rings. The van der Waals surface area contributed by atoms with Crippen LogP contribution in [0.25, 0.3) is 0 Å². The number of rotatable bonds is 4. The van der Waals surface area contributed by atoms with E-state index in [-0.39, 0.29) is 0 Å². The molecule has 3 N–H and O–H groups in total. The maximum Gasteiger partial charge on any atom is 0.328 e. The number of ether oxygens (including phenoxy) is 1. The summed E-state index contributed by atoms with van der Waals surface area (Å²) in [5.41, 5.74) is 2.59. The van der Waals surface area contributed by atoms with Gasteiger partial charge in [0.05, 0.1) is 0 Å². The van der Waals surface area contributed by atoms with Gasteiger partial charge in [-0.25, -0.2) is 5.84 Å². The zero-order valence-electron chi connectivity index (χ0n) is 11.2. The molecule has 1 aromatic rings. The van der Waals surface area contributed by atoms with Crippen LogP contribution in [-0.2, 0) is 14.3 Å². The van der Waals surface area contributed by atoms with E-state index >= 15 is 0 Å². The number of hydrogen-bond donors (Lipinski definition) is 2. The van der Waals surface area contributed by atoms with E-state index in [0.29, 0.717) is 11.3 Å². The van der Waals surface area contributed by atoms with Gasteiger partial charge in [-0.3, -0.25) is 15.0 Å². The number of benzene rings is 1. The van der Waals surface area contributed by atoms with E-state index in [1.807, 2.05) is 17.6 Å². The average molecular weight is 274 g/mol. The average Bonchev–Trinajstić information content (AvgIpc) is 2.49. The quantitative estimate of drug-likeness (QED) is 0.288. The van der Waals surface area contributed by atoms with Crippen LogP contribution in [0.2, 0.25) is 0 Å². The van der Waals surface area contributed by atoms with E-state index in [1.54, 1.807) is 24.3 Å². The van der Waals surface area contributed by atoms with Crippen LogP contribution >= 0.6 is 0 Å². The van der Waals surface area contributed by atoms with Crippen molar-refractivity contribution in [1.29, 1.82) is 0 Å². The van der Waals surface area contributed by atoms with Gasteiger partial charge in [0.25, 0.3) is 5.91 Å². The molecule has 0 bridgehead atoms. The molecule has 0 saturated heterocycles. The zero-order valence-corrected chi connectivity index (χ0v) is 11.2. The van der Waals surface area contributed by atoms with Crippen LogP contribution in [0, 0.1) is 0 Å². The third-order valence-corrected chi connectivity index (χ3v) is 3.25. The van der Waals surface area contributed by atoms with Crippen molar-refractivity contribution in [3.05, 3.63) is 47.7 Å². The van der Waals surface area contributed by atoms with Crippen LogP contribution in [0.4, 0.5) is 0 Å². The highest BCUT2D eigenvalue weighted by Gasteiger charge is 2.30. The molecule has 0 saturated carbocycles. The summed E-state index contributed by atoms with van der Waals surface area (Å²) in [6.07, 6.45) is 5.65. The van der Waals surface area contributed by atoms with Gasteiger partial charge in [0.2, 0.25) is 0 Å². The number of carbonyl (C=O) groups excluding carboxylic acids is 2. The van der Waals surface area contributed by atoms with Crippen LogP contribution < -0.4 is 11.3 Å². The highest BCUT2D eigenvalue weighted by atomic mass is 16.5. The van der Waals surface area contributed by atoms with Crippen LogP contribution in [-0.4, -0.2) is 11.9 Å². The Morgan fingerprint density at radius 3 is 2.55 bits per heavy atom. The lowest BCUT2D eigenvalue weighted by Gasteiger charge is -2.17. The Balaban J connectivity index is 2.16. The molecule has 2 rings (SSSR count). The third-order valence-electron chi connectivity index (χ3n) is 3.25. The second-order valence-corrected chi connectivity index (χ2v) is 4.69. The number of esters is 1. The molecule has 1 atom stereocenters. The predicted octanol–water partition coefficient (Wildman–Crippen LogP) is 1.76. The fourth-order valence-corrected chi connectivity index (χ4v) is 2.21. The molecule has 0 heterocycles. The number of amides is 1. The Morgan fingerprint density at radius 1 is 1.20 bits per heavy atom. The number of allylic oxidation sites excluding steroid dienone is 2. The zero-order chi connectivity index (χ0) is 14.4. The molecule has 1 aliphatic carbocycles. The van der Waals surface area contributed by atoms with Gasteiger partial charge in [-0.15, -0.1) is 0 Å². The van der Waals surface area contributed by atoms with Crippen molar-refractivity contribution in [2.45, 2.75) is 31.6 Å². The second-order valence-electron chi connectivity index (χ2n) is 4.69. The first kappa shape index (κ1) is 14.3. The molecule has 0 fully saturated rings. The van der Waals surface area contributed by atoms with Gasteiger partial charge < -0.3 is 4.74 Å². The molecule has 5 nitrogen and oxygen atoms in total. The largest absolute Gasteiger partial charge is 0.431 e. The fraction of sp³-hybridized carbons (Fsp3) is 0.333. The molecular formula is C15H18N2O3. The van der Waals surface area contributed by atoms with E-state index in [0.717, 1.165) is 25.7 Å². The molecule has 1 unspecified atom stereocenters. The Bertz CT molecular complexity index is 511. The smallest absolute Gasteiger partial charge is 0.328 e. The van der Waals surface area contributed by atoms with Crippen molar-refractivity contribution >= 4 is 11.9 Å². The van der Waals surface area contributed by atoms with Gasteiger partial charge in [0.1, 0.15) is 5.76 Å². The van der Waals surface area contributed by atoms with Crippen molar-refractivity contribution in [2.75, 3.05) is 0 Å². The molecule has 1 aromatic carbocycles. The van der Waals surface area contributed by atoms with Crippen molar-refractivity contribution < 1.29 is 14.3 Å². The number of carbonyl (C=O) groups is 2. The first-order chi connectivity index (χ1) is 9.72. The highest BCUT2D eigenvalue weighted by Crippen LogP contribution is 2.23. The Labute approximate surface area is 117 Å². The molecule has 1 amide bonds. The molecule has 106 valence electrons. The van der Waals surface area contributed by atoms with Gasteiger partial charge in [0, 0.05) is 6.42 Å². The molecular weight excluding hydrogens is 256 g/mol. The normalized spacial score (nSPS) is 15.9. The summed E-state index contributed by atoms with van der Waals surface area (Å²) in [5.74, 6) is 3.60. The van der Waals surface area contributed by atoms with E-state index in [9.17, 15) is 9.59 Å². The first-order valence-electron chi connectivity index (χ1n) is 6.68. The highest BCUT2D eigenvalue weighted by molar-refractivity contribution is 6.03. The summed E-state index contributed by atoms with van der Waals surface area (Å²) in [4.78, 5) is 24.1. The van der Waals surface area contributed by atoms with Crippen molar-refractivity contribution in [3.63, 3.8) is 0 Å². The minimum Gasteiger partial charge on any atom is -0.431 e. The van der Waals surface area contributed by atoms with Crippen LogP contribution in [0.15, 0.2) is 42.2 Å². The van der Waals surface area contributed by atoms with Gasteiger partial charge in [-0.2, -0.15) is 0 Å². The van der Waals surface area contributed by atoms with E-state index < -0.39 is 17.8 Å². The third kappa shape index (κ3) is 3.45. The van der Waals surface area contributed by atoms with Crippen LogP contribution in [0.3, 0.4) is 0 Å². The monoisotopic (exact) mass is 274 g/mol. The van der Waals surface area contributed by atoms with E-state index in [4.69, 9.17) is 10.6 Å². The SMILES string of the molecule is NNC(=O)C(C(=O)OC1=CCCCC1)c1ccccc1. The minimum absolute atomic E-state index is 0.567. The molecule has 20 heavy (non-hydrogen) atoms. The minimum atomic E-state index is -1.04. The molecule has 0 aliphatic heterocycles. The lowest BCUT2D eigenvalue weighted by Crippen LogP contribution is -2.38. The van der Waals surface area contributed by atoms with Crippen molar-refractivity contribution in [3.8, 4) is 0 Å². The summed E-state index contributed by atoms with van der Waals surface area (Å²) in [5, 5.41) is 0. The fourth-order valence-electron chi connectivity index (χ4n) is 2.21. The number of nitrogens with one attached hydrogen (secondary N) is 1. The number of nitrogens with two attached hydrogens (primary N) is 1. The lowest BCUT2D eigenvalue weighted by molar-refractivity contribution is -0.145. The lowest BCUT2D eigenvalue weighted by atomic mass is 9.98. The standard InChI is InChI=1S/C15H18N2O3/c16-17-14(18)13(11-7-3-1-4-8-11)15(19)20-12-9-5-2-6-10-12/h1,3-4,7-9,13H,2,5-6,10,16H2,(H,17,18). The van der Waals surface area contributed by atoms with Gasteiger partial charge >= 0.3 is 5.97 Å². The first-order valence-corrected chi connectivity index (χ1v) is 6.68. The summed E-state index contributed by atoms with van der Waals surface area (Å²) >= 11 is 0. The van der Waals surface area contributed by atoms with Gasteiger partial charge in [-0.1, -0.05) is 30.3 Å². The van der Waals surface area contributed by atoms with Crippen molar-refractivity contribution in [2.24, 2.45) is 5.84 Å². The Hall–Kier alpha value is -2.14. The van der Waals surface area contributed by atoms with E-state index in [1.165, 1.54) is 0 Å².